The lowest BCUT2D eigenvalue weighted by Crippen LogP contribution is -2.17. The van der Waals surface area contributed by atoms with E-state index in [1.54, 1.807) is 46.4 Å². The Hall–Kier alpha value is -3.66. The van der Waals surface area contributed by atoms with Gasteiger partial charge in [0.2, 0.25) is 5.78 Å². The third-order valence-corrected chi connectivity index (χ3v) is 6.01. The number of Topliss-reactive ketones (excluding diaryl/α,β-unsaturated/α-hetero) is 1. The van der Waals surface area contributed by atoms with E-state index in [1.165, 1.54) is 11.3 Å². The van der Waals surface area contributed by atoms with E-state index in [1.807, 2.05) is 12.1 Å². The molecular formula is C24H26N2O7S. The summed E-state index contributed by atoms with van der Waals surface area (Å²) < 4.78 is 20.7. The molecule has 0 aliphatic rings. The molecule has 9 nitrogen and oxygen atoms in total. The number of benzene rings is 1. The van der Waals surface area contributed by atoms with Crippen LogP contribution in [0.2, 0.25) is 0 Å². The highest BCUT2D eigenvalue weighted by Gasteiger charge is 2.23. The molecule has 0 amide bonds. The quantitative estimate of drug-likeness (QED) is 0.339. The van der Waals surface area contributed by atoms with Crippen molar-refractivity contribution in [1.82, 2.24) is 9.97 Å². The molecule has 180 valence electrons. The third-order valence-electron chi connectivity index (χ3n) is 5.07. The Labute approximate surface area is 201 Å². The van der Waals surface area contributed by atoms with Gasteiger partial charge in [-0.15, -0.1) is 11.3 Å². The normalized spacial score (nSPS) is 10.6. The molecule has 0 bridgehead atoms. The first-order valence-electron chi connectivity index (χ1n) is 10.5. The van der Waals surface area contributed by atoms with Crippen LogP contribution in [0, 0.1) is 13.8 Å². The topological polar surface area (TPSA) is 117 Å². The Bertz CT molecular complexity index is 1210. The standard InChI is InChI=1S/C24H26N2O7S/c1-6-32-24(29)22-13(2)21(14(3)25-22)17(27)11-33-20(28)10-16-12-34-23(26-16)15-7-8-18(30-4)19(9-15)31-5/h7-9,12,25H,6,10-11H2,1-5H3. The predicted molar refractivity (Wildman–Crippen MR) is 126 cm³/mol. The zero-order valence-corrected chi connectivity index (χ0v) is 20.5. The van der Waals surface area contributed by atoms with Crippen molar-refractivity contribution in [2.24, 2.45) is 0 Å². The maximum Gasteiger partial charge on any atom is 0.355 e. The number of carbonyl (C=O) groups excluding carboxylic acids is 3. The highest BCUT2D eigenvalue weighted by molar-refractivity contribution is 7.13. The third kappa shape index (κ3) is 5.45. The number of ether oxygens (including phenoxy) is 4. The van der Waals surface area contributed by atoms with Crippen LogP contribution in [0.25, 0.3) is 10.6 Å². The fourth-order valence-electron chi connectivity index (χ4n) is 3.48. The number of aromatic amines is 1. The van der Waals surface area contributed by atoms with Gasteiger partial charge in [0.1, 0.15) is 10.7 Å². The molecule has 10 heteroatoms. The van der Waals surface area contributed by atoms with Gasteiger partial charge in [-0.1, -0.05) is 0 Å². The van der Waals surface area contributed by atoms with E-state index >= 15 is 0 Å². The van der Waals surface area contributed by atoms with E-state index in [-0.39, 0.29) is 18.7 Å². The highest BCUT2D eigenvalue weighted by atomic mass is 32.1. The number of aromatic nitrogens is 2. The van der Waals surface area contributed by atoms with Gasteiger partial charge >= 0.3 is 11.9 Å². The van der Waals surface area contributed by atoms with Gasteiger partial charge in [-0.3, -0.25) is 9.59 Å². The fraction of sp³-hybridized carbons (Fsp3) is 0.333. The minimum atomic E-state index is -0.575. The van der Waals surface area contributed by atoms with E-state index in [0.717, 1.165) is 5.56 Å². The second-order valence-corrected chi connectivity index (χ2v) is 8.18. The Morgan fingerprint density at radius 3 is 2.47 bits per heavy atom. The molecule has 2 heterocycles. The predicted octanol–water partition coefficient (Wildman–Crippen LogP) is 3.92. The number of nitrogens with one attached hydrogen (secondary N) is 1. The number of ketones is 1. The van der Waals surface area contributed by atoms with Crippen LogP contribution in [0.3, 0.4) is 0 Å². The smallest absolute Gasteiger partial charge is 0.355 e. The van der Waals surface area contributed by atoms with E-state index < -0.39 is 24.3 Å². The van der Waals surface area contributed by atoms with Crippen LogP contribution in [0.4, 0.5) is 0 Å². The molecule has 0 fully saturated rings. The minimum absolute atomic E-state index is 0.0732. The number of H-pyrrole nitrogens is 1. The fourth-order valence-corrected chi connectivity index (χ4v) is 4.30. The van der Waals surface area contributed by atoms with Crippen molar-refractivity contribution in [3.8, 4) is 22.1 Å². The lowest BCUT2D eigenvalue weighted by atomic mass is 10.1. The number of nitrogens with zero attached hydrogens (tertiary/aromatic N) is 1. The number of carbonyl (C=O) groups is 3. The molecule has 2 aromatic heterocycles. The molecule has 1 N–H and O–H groups in total. The van der Waals surface area contributed by atoms with Crippen molar-refractivity contribution in [2.45, 2.75) is 27.2 Å². The van der Waals surface area contributed by atoms with E-state index in [9.17, 15) is 14.4 Å². The van der Waals surface area contributed by atoms with Crippen molar-refractivity contribution in [1.29, 1.82) is 0 Å². The molecule has 0 aliphatic carbocycles. The molecule has 0 unspecified atom stereocenters. The van der Waals surface area contributed by atoms with E-state index in [4.69, 9.17) is 18.9 Å². The summed E-state index contributed by atoms with van der Waals surface area (Å²) in [6.07, 6.45) is -0.0732. The SMILES string of the molecule is CCOC(=O)c1[nH]c(C)c(C(=O)COC(=O)Cc2csc(-c3ccc(OC)c(OC)c3)n2)c1C. The van der Waals surface area contributed by atoms with E-state index in [2.05, 4.69) is 9.97 Å². The molecule has 34 heavy (non-hydrogen) atoms. The van der Waals surface area contributed by atoms with Crippen LogP contribution >= 0.6 is 11.3 Å². The molecular weight excluding hydrogens is 460 g/mol. The van der Waals surface area contributed by atoms with Crippen LogP contribution in [0.1, 0.15) is 44.7 Å². The highest BCUT2D eigenvalue weighted by Crippen LogP contribution is 2.33. The number of esters is 2. The summed E-state index contributed by atoms with van der Waals surface area (Å²) >= 11 is 1.38. The lowest BCUT2D eigenvalue weighted by Gasteiger charge is -2.08. The van der Waals surface area contributed by atoms with Crippen molar-refractivity contribution in [2.75, 3.05) is 27.4 Å². The largest absolute Gasteiger partial charge is 0.493 e. The van der Waals surface area contributed by atoms with Crippen molar-refractivity contribution in [3.63, 3.8) is 0 Å². The van der Waals surface area contributed by atoms with E-state index in [0.29, 0.717) is 39.0 Å². The van der Waals surface area contributed by atoms with Gasteiger partial charge < -0.3 is 23.9 Å². The summed E-state index contributed by atoms with van der Waals surface area (Å²) in [6.45, 7) is 4.81. The molecule has 0 saturated carbocycles. The number of rotatable bonds is 10. The van der Waals surface area contributed by atoms with Gasteiger partial charge in [0.15, 0.2) is 18.1 Å². The molecule has 3 aromatic rings. The van der Waals surface area contributed by atoms with Crippen LogP contribution in [0.5, 0.6) is 11.5 Å². The number of hydrogen-bond donors (Lipinski definition) is 1. The first kappa shape index (κ1) is 25.0. The number of hydrogen-bond acceptors (Lipinski definition) is 9. The summed E-state index contributed by atoms with van der Waals surface area (Å²) in [7, 11) is 3.12. The summed E-state index contributed by atoms with van der Waals surface area (Å²) in [6, 6.07) is 5.45. The Kier molecular flexibility index (Phi) is 8.06. The van der Waals surface area contributed by atoms with Gasteiger partial charge in [-0.25, -0.2) is 9.78 Å². The van der Waals surface area contributed by atoms with Gasteiger partial charge in [0.25, 0.3) is 0 Å². The molecule has 0 atom stereocenters. The van der Waals surface area contributed by atoms with Crippen LogP contribution in [-0.4, -0.2) is 55.1 Å². The Balaban J connectivity index is 1.62. The Morgan fingerprint density at radius 2 is 1.79 bits per heavy atom. The molecule has 0 aliphatic heterocycles. The second-order valence-electron chi connectivity index (χ2n) is 7.32. The molecule has 1 aromatic carbocycles. The summed E-state index contributed by atoms with van der Waals surface area (Å²) in [4.78, 5) is 44.4. The molecule has 0 spiro atoms. The van der Waals surface area contributed by atoms with Crippen molar-refractivity contribution < 1.29 is 33.3 Å². The van der Waals surface area contributed by atoms with Crippen LogP contribution in [0.15, 0.2) is 23.6 Å². The maximum absolute atomic E-state index is 12.7. The monoisotopic (exact) mass is 486 g/mol. The lowest BCUT2D eigenvalue weighted by molar-refractivity contribution is -0.141. The number of thiazole rings is 1. The van der Waals surface area contributed by atoms with Crippen molar-refractivity contribution >= 4 is 29.1 Å². The van der Waals surface area contributed by atoms with Gasteiger partial charge in [-0.05, 0) is 44.5 Å². The Morgan fingerprint density at radius 1 is 1.06 bits per heavy atom. The average Bonchev–Trinajstić information content (AvgIpc) is 3.40. The number of aryl methyl sites for hydroxylation is 1. The zero-order valence-electron chi connectivity index (χ0n) is 19.6. The molecule has 3 rings (SSSR count). The van der Waals surface area contributed by atoms with Crippen LogP contribution in [-0.2, 0) is 20.7 Å². The number of methoxy groups -OCH3 is 2. The average molecular weight is 487 g/mol. The van der Waals surface area contributed by atoms with Crippen molar-refractivity contribution in [3.05, 3.63) is 51.8 Å². The van der Waals surface area contributed by atoms with Gasteiger partial charge in [0.05, 0.1) is 32.9 Å². The summed E-state index contributed by atoms with van der Waals surface area (Å²) in [5, 5.41) is 2.48. The maximum atomic E-state index is 12.7. The molecule has 0 radical (unpaired) electrons. The summed E-state index contributed by atoms with van der Waals surface area (Å²) in [5.41, 5.74) is 2.88. The minimum Gasteiger partial charge on any atom is -0.493 e. The second kappa shape index (κ2) is 11.0. The molecule has 0 saturated heterocycles. The first-order valence-corrected chi connectivity index (χ1v) is 11.4. The first-order chi connectivity index (χ1) is 16.3. The van der Waals surface area contributed by atoms with Gasteiger partial charge in [-0.2, -0.15) is 0 Å². The van der Waals surface area contributed by atoms with Gasteiger partial charge in [0, 0.05) is 22.2 Å². The zero-order chi connectivity index (χ0) is 24.8. The van der Waals surface area contributed by atoms with Crippen LogP contribution < -0.4 is 9.47 Å². The summed E-state index contributed by atoms with van der Waals surface area (Å²) in [5.74, 6) is -0.323.